The van der Waals surface area contributed by atoms with Crippen molar-refractivity contribution in [2.24, 2.45) is 0 Å². The lowest BCUT2D eigenvalue weighted by atomic mass is 10.1. The molecule has 1 aromatic heterocycles. The summed E-state index contributed by atoms with van der Waals surface area (Å²) >= 11 is 0. The number of rotatable bonds is 1. The van der Waals surface area contributed by atoms with Crippen LogP contribution in [-0.4, -0.2) is 16.9 Å². The molecule has 3 rings (SSSR count). The summed E-state index contributed by atoms with van der Waals surface area (Å²) in [5.74, 6) is -0.950. The van der Waals surface area contributed by atoms with Crippen LogP contribution in [0.2, 0.25) is 0 Å². The lowest BCUT2D eigenvalue weighted by Crippen LogP contribution is -2.36. The minimum atomic E-state index is -0.603. The lowest BCUT2D eigenvalue weighted by Gasteiger charge is -2.23. The predicted molar refractivity (Wildman–Crippen MR) is 75.0 cm³/mol. The number of hydrogen-bond donors (Lipinski definition) is 1. The van der Waals surface area contributed by atoms with Crippen molar-refractivity contribution in [1.29, 1.82) is 0 Å². The molecule has 2 N–H and O–H groups in total. The van der Waals surface area contributed by atoms with E-state index < -0.39 is 5.82 Å². The second kappa shape index (κ2) is 4.59. The van der Waals surface area contributed by atoms with Crippen molar-refractivity contribution in [1.82, 2.24) is 4.98 Å². The first-order chi connectivity index (χ1) is 9.58. The maximum absolute atomic E-state index is 13.7. The summed E-state index contributed by atoms with van der Waals surface area (Å²) in [6, 6.07) is 6.80. The van der Waals surface area contributed by atoms with Crippen molar-refractivity contribution < 1.29 is 9.18 Å². The molecule has 4 nitrogen and oxygen atoms in total. The van der Waals surface area contributed by atoms with Gasteiger partial charge >= 0.3 is 0 Å². The third kappa shape index (κ3) is 1.91. The highest BCUT2D eigenvalue weighted by atomic mass is 19.1. The Bertz CT molecular complexity index is 687. The molecule has 0 bridgehead atoms. The van der Waals surface area contributed by atoms with E-state index in [1.54, 1.807) is 11.0 Å². The van der Waals surface area contributed by atoms with Crippen molar-refractivity contribution >= 4 is 17.3 Å². The number of aromatic nitrogens is 1. The van der Waals surface area contributed by atoms with Crippen molar-refractivity contribution in [3.8, 4) is 0 Å². The molecule has 2 heterocycles. The maximum Gasteiger partial charge on any atom is 0.261 e. The van der Waals surface area contributed by atoms with Gasteiger partial charge in [-0.1, -0.05) is 0 Å². The highest BCUT2D eigenvalue weighted by Gasteiger charge is 2.32. The van der Waals surface area contributed by atoms with Crippen LogP contribution in [-0.2, 0) is 6.42 Å². The van der Waals surface area contributed by atoms with E-state index in [9.17, 15) is 9.18 Å². The second-order valence-corrected chi connectivity index (χ2v) is 4.97. The molecule has 1 unspecified atom stereocenters. The molecule has 1 aliphatic heterocycles. The molecular formula is C15H14FN3O. The van der Waals surface area contributed by atoms with Crippen molar-refractivity contribution in [3.63, 3.8) is 0 Å². The number of nitrogens with two attached hydrogens (primary N) is 1. The Kier molecular flexibility index (Phi) is 2.89. The van der Waals surface area contributed by atoms with Gasteiger partial charge in [-0.05, 0) is 43.2 Å². The standard InChI is InChI=1S/C15H14FN3O/c1-9-6-10-7-11(17)2-3-14(10)19(9)15(20)12-4-5-18-8-13(12)16/h2-5,7-9H,6,17H2,1H3. The Labute approximate surface area is 116 Å². The average Bonchev–Trinajstić information content (AvgIpc) is 2.73. The molecule has 0 spiro atoms. The van der Waals surface area contributed by atoms with E-state index in [-0.39, 0.29) is 17.5 Å². The van der Waals surface area contributed by atoms with Gasteiger partial charge in [0.1, 0.15) is 0 Å². The Morgan fingerprint density at radius 3 is 3.00 bits per heavy atom. The van der Waals surface area contributed by atoms with Gasteiger partial charge in [-0.2, -0.15) is 0 Å². The van der Waals surface area contributed by atoms with Crippen LogP contribution < -0.4 is 10.6 Å². The van der Waals surface area contributed by atoms with Crippen LogP contribution in [0.1, 0.15) is 22.8 Å². The quantitative estimate of drug-likeness (QED) is 0.810. The van der Waals surface area contributed by atoms with E-state index in [0.717, 1.165) is 23.9 Å². The van der Waals surface area contributed by atoms with E-state index in [4.69, 9.17) is 5.73 Å². The number of halogens is 1. The normalized spacial score (nSPS) is 17.1. The van der Waals surface area contributed by atoms with Crippen LogP contribution in [0.5, 0.6) is 0 Å². The Balaban J connectivity index is 2.04. The first-order valence-corrected chi connectivity index (χ1v) is 6.39. The first-order valence-electron chi connectivity index (χ1n) is 6.39. The smallest absolute Gasteiger partial charge is 0.261 e. The molecule has 0 saturated heterocycles. The van der Waals surface area contributed by atoms with E-state index in [1.807, 2.05) is 19.1 Å². The predicted octanol–water partition coefficient (Wildman–Crippen LogP) is 2.39. The van der Waals surface area contributed by atoms with E-state index >= 15 is 0 Å². The number of benzene rings is 1. The van der Waals surface area contributed by atoms with Crippen molar-refractivity contribution in [2.75, 3.05) is 10.6 Å². The number of amides is 1. The molecule has 0 fully saturated rings. The van der Waals surface area contributed by atoms with Crippen LogP contribution in [0, 0.1) is 5.82 Å². The highest BCUT2D eigenvalue weighted by molar-refractivity contribution is 6.08. The molecule has 0 aliphatic carbocycles. The number of pyridine rings is 1. The van der Waals surface area contributed by atoms with Crippen molar-refractivity contribution in [3.05, 3.63) is 53.6 Å². The van der Waals surface area contributed by atoms with Gasteiger partial charge in [0.05, 0.1) is 11.8 Å². The molecule has 102 valence electrons. The molecule has 2 aromatic rings. The summed E-state index contributed by atoms with van der Waals surface area (Å²) in [7, 11) is 0. The number of carbonyl (C=O) groups excluding carboxylic acids is 1. The summed E-state index contributed by atoms with van der Waals surface area (Å²) < 4.78 is 13.7. The number of hydrogen-bond acceptors (Lipinski definition) is 3. The zero-order valence-electron chi connectivity index (χ0n) is 11.0. The first kappa shape index (κ1) is 12.6. The van der Waals surface area contributed by atoms with Crippen LogP contribution in [0.15, 0.2) is 36.7 Å². The molecule has 0 radical (unpaired) electrons. The van der Waals surface area contributed by atoms with E-state index in [1.165, 1.54) is 12.3 Å². The number of nitrogen functional groups attached to an aromatic ring is 1. The fourth-order valence-electron chi connectivity index (χ4n) is 2.64. The number of anilines is 2. The Hall–Kier alpha value is -2.43. The molecule has 1 aliphatic rings. The summed E-state index contributed by atoms with van der Waals surface area (Å²) in [6.07, 6.45) is 3.19. The van der Waals surface area contributed by atoms with Gasteiger partial charge in [-0.25, -0.2) is 4.39 Å². The Morgan fingerprint density at radius 2 is 2.25 bits per heavy atom. The second-order valence-electron chi connectivity index (χ2n) is 4.97. The third-order valence-electron chi connectivity index (χ3n) is 3.54. The summed E-state index contributed by atoms with van der Waals surface area (Å²) in [4.78, 5) is 17.8. The third-order valence-corrected chi connectivity index (χ3v) is 3.54. The monoisotopic (exact) mass is 271 g/mol. The van der Waals surface area contributed by atoms with Gasteiger partial charge in [0.15, 0.2) is 5.82 Å². The Morgan fingerprint density at radius 1 is 1.45 bits per heavy atom. The largest absolute Gasteiger partial charge is 0.399 e. The van der Waals surface area contributed by atoms with Gasteiger partial charge in [0.25, 0.3) is 5.91 Å². The molecule has 1 atom stereocenters. The van der Waals surface area contributed by atoms with E-state index in [0.29, 0.717) is 5.69 Å². The van der Waals surface area contributed by atoms with Gasteiger partial charge in [0, 0.05) is 23.6 Å². The fraction of sp³-hybridized carbons (Fsp3) is 0.200. The highest BCUT2D eigenvalue weighted by Crippen LogP contribution is 2.34. The van der Waals surface area contributed by atoms with Gasteiger partial charge in [0.2, 0.25) is 0 Å². The maximum atomic E-state index is 13.7. The molecule has 1 amide bonds. The topological polar surface area (TPSA) is 59.2 Å². The fourth-order valence-corrected chi connectivity index (χ4v) is 2.64. The van der Waals surface area contributed by atoms with E-state index in [2.05, 4.69) is 4.98 Å². The van der Waals surface area contributed by atoms with Crippen LogP contribution >= 0.6 is 0 Å². The molecular weight excluding hydrogens is 257 g/mol. The summed E-state index contributed by atoms with van der Waals surface area (Å²) in [6.45, 7) is 1.94. The zero-order chi connectivity index (χ0) is 14.3. The van der Waals surface area contributed by atoms with Crippen LogP contribution in [0.3, 0.4) is 0 Å². The summed E-state index contributed by atoms with van der Waals surface area (Å²) in [5.41, 5.74) is 8.28. The molecule has 1 aromatic carbocycles. The lowest BCUT2D eigenvalue weighted by molar-refractivity contribution is 0.0977. The van der Waals surface area contributed by atoms with Gasteiger partial charge in [-0.15, -0.1) is 0 Å². The minimum absolute atomic E-state index is 0.0214. The number of fused-ring (bicyclic) bond motifs is 1. The van der Waals surface area contributed by atoms with Crippen LogP contribution in [0.4, 0.5) is 15.8 Å². The molecule has 20 heavy (non-hydrogen) atoms. The van der Waals surface area contributed by atoms with Crippen LogP contribution in [0.25, 0.3) is 0 Å². The molecule has 0 saturated carbocycles. The average molecular weight is 271 g/mol. The number of carbonyl (C=O) groups is 1. The summed E-state index contributed by atoms with van der Waals surface area (Å²) in [5, 5.41) is 0. The SMILES string of the molecule is CC1Cc2cc(N)ccc2N1C(=O)c1ccncc1F. The van der Waals surface area contributed by atoms with Gasteiger partial charge < -0.3 is 10.6 Å². The van der Waals surface area contributed by atoms with Gasteiger partial charge in [-0.3, -0.25) is 9.78 Å². The number of nitrogens with zero attached hydrogens (tertiary/aromatic N) is 2. The molecule has 5 heteroatoms. The minimum Gasteiger partial charge on any atom is -0.399 e. The zero-order valence-corrected chi connectivity index (χ0v) is 11.0. The van der Waals surface area contributed by atoms with Crippen molar-refractivity contribution in [2.45, 2.75) is 19.4 Å².